The summed E-state index contributed by atoms with van der Waals surface area (Å²) in [6.45, 7) is 4.82. The molecule has 0 atom stereocenters. The van der Waals surface area contributed by atoms with E-state index in [0.717, 1.165) is 19.4 Å². The number of hydrogen-bond donors (Lipinski definition) is 2. The van der Waals surface area contributed by atoms with Crippen LogP contribution >= 0.6 is 0 Å². The van der Waals surface area contributed by atoms with Crippen LogP contribution in [0.2, 0.25) is 0 Å². The van der Waals surface area contributed by atoms with E-state index in [-0.39, 0.29) is 22.9 Å². The number of benzene rings is 1. The Balaban J connectivity index is 2.35. The standard InChI is InChI=1S/C13H18N2O2/c1-13(2)7-4-8-15(13)12(17)9-5-3-6-10(14)11(9)16/h3,5-6,16H,4,7-8,14H2,1-2H3. The maximum absolute atomic E-state index is 12.3. The number of anilines is 1. The van der Waals surface area contributed by atoms with Gasteiger partial charge in [0.15, 0.2) is 5.75 Å². The van der Waals surface area contributed by atoms with Crippen LogP contribution in [-0.2, 0) is 0 Å². The molecule has 0 spiro atoms. The predicted molar refractivity (Wildman–Crippen MR) is 66.9 cm³/mol. The van der Waals surface area contributed by atoms with Gasteiger partial charge in [0.25, 0.3) is 5.91 Å². The second-order valence-corrected chi connectivity index (χ2v) is 5.12. The summed E-state index contributed by atoms with van der Waals surface area (Å²) in [5.74, 6) is -0.252. The van der Waals surface area contributed by atoms with Gasteiger partial charge in [-0.2, -0.15) is 0 Å². The Hall–Kier alpha value is -1.71. The van der Waals surface area contributed by atoms with Crippen LogP contribution in [0.15, 0.2) is 18.2 Å². The van der Waals surface area contributed by atoms with Gasteiger partial charge in [-0.1, -0.05) is 6.07 Å². The normalized spacial score (nSPS) is 18.4. The maximum Gasteiger partial charge on any atom is 0.258 e. The molecule has 0 radical (unpaired) electrons. The van der Waals surface area contributed by atoms with Crippen molar-refractivity contribution in [3.05, 3.63) is 23.8 Å². The smallest absolute Gasteiger partial charge is 0.258 e. The largest absolute Gasteiger partial charge is 0.505 e. The highest BCUT2D eigenvalue weighted by molar-refractivity contribution is 5.99. The summed E-state index contributed by atoms with van der Waals surface area (Å²) in [5, 5.41) is 9.83. The summed E-state index contributed by atoms with van der Waals surface area (Å²) < 4.78 is 0. The fraction of sp³-hybridized carbons (Fsp3) is 0.462. The van der Waals surface area contributed by atoms with Crippen molar-refractivity contribution in [1.29, 1.82) is 0 Å². The molecule has 1 saturated heterocycles. The molecule has 0 aliphatic carbocycles. The Labute approximate surface area is 101 Å². The third-order valence-electron chi connectivity index (χ3n) is 3.44. The summed E-state index contributed by atoms with van der Waals surface area (Å²) >= 11 is 0. The molecule has 0 aromatic heterocycles. The van der Waals surface area contributed by atoms with Crippen molar-refractivity contribution < 1.29 is 9.90 Å². The SMILES string of the molecule is CC1(C)CCCN1C(=O)c1cccc(N)c1O. The number of nitrogen functional groups attached to an aromatic ring is 1. The fourth-order valence-electron chi connectivity index (χ4n) is 2.36. The number of likely N-dealkylation sites (tertiary alicyclic amines) is 1. The van der Waals surface area contributed by atoms with Crippen LogP contribution in [0.3, 0.4) is 0 Å². The number of nitrogens with two attached hydrogens (primary N) is 1. The molecule has 0 bridgehead atoms. The molecule has 1 fully saturated rings. The van der Waals surface area contributed by atoms with E-state index in [9.17, 15) is 9.90 Å². The third kappa shape index (κ3) is 1.95. The summed E-state index contributed by atoms with van der Waals surface area (Å²) in [4.78, 5) is 14.2. The lowest BCUT2D eigenvalue weighted by molar-refractivity contribution is 0.0649. The van der Waals surface area contributed by atoms with Gasteiger partial charge in [0.2, 0.25) is 0 Å². The summed E-state index contributed by atoms with van der Waals surface area (Å²) in [7, 11) is 0. The topological polar surface area (TPSA) is 66.6 Å². The van der Waals surface area contributed by atoms with Gasteiger partial charge < -0.3 is 15.7 Å². The number of hydrogen-bond acceptors (Lipinski definition) is 3. The zero-order chi connectivity index (χ0) is 12.6. The zero-order valence-corrected chi connectivity index (χ0v) is 10.2. The van der Waals surface area contributed by atoms with Gasteiger partial charge >= 0.3 is 0 Å². The zero-order valence-electron chi connectivity index (χ0n) is 10.2. The molecule has 1 heterocycles. The molecular weight excluding hydrogens is 216 g/mol. The van der Waals surface area contributed by atoms with Crippen molar-refractivity contribution in [2.45, 2.75) is 32.2 Å². The van der Waals surface area contributed by atoms with Crippen LogP contribution < -0.4 is 5.73 Å². The van der Waals surface area contributed by atoms with Crippen molar-refractivity contribution in [1.82, 2.24) is 4.90 Å². The molecule has 1 aromatic carbocycles. The molecular formula is C13H18N2O2. The predicted octanol–water partition coefficient (Wildman–Crippen LogP) is 1.99. The minimum Gasteiger partial charge on any atom is -0.505 e. The van der Waals surface area contributed by atoms with Crippen molar-refractivity contribution in [2.24, 2.45) is 0 Å². The van der Waals surface area contributed by atoms with E-state index in [4.69, 9.17) is 5.73 Å². The molecule has 1 amide bonds. The molecule has 1 aromatic rings. The molecule has 4 heteroatoms. The van der Waals surface area contributed by atoms with Crippen molar-refractivity contribution in [2.75, 3.05) is 12.3 Å². The molecule has 3 N–H and O–H groups in total. The number of phenolic OH excluding ortho intramolecular Hbond substituents is 1. The van der Waals surface area contributed by atoms with Crippen LogP contribution in [0.1, 0.15) is 37.0 Å². The van der Waals surface area contributed by atoms with Crippen LogP contribution in [0.25, 0.3) is 0 Å². The van der Waals surface area contributed by atoms with Crippen LogP contribution in [0.4, 0.5) is 5.69 Å². The van der Waals surface area contributed by atoms with Gasteiger partial charge in [-0.05, 0) is 38.8 Å². The Morgan fingerprint density at radius 2 is 2.18 bits per heavy atom. The van der Waals surface area contributed by atoms with E-state index in [0.29, 0.717) is 5.56 Å². The Bertz CT molecular complexity index is 455. The van der Waals surface area contributed by atoms with Crippen molar-refractivity contribution in [3.63, 3.8) is 0 Å². The lowest BCUT2D eigenvalue weighted by atomic mass is 10.0. The van der Waals surface area contributed by atoms with E-state index in [1.165, 1.54) is 0 Å². The van der Waals surface area contributed by atoms with E-state index in [1.54, 1.807) is 18.2 Å². The molecule has 0 saturated carbocycles. The molecule has 1 aliphatic heterocycles. The van der Waals surface area contributed by atoms with Crippen LogP contribution in [-0.4, -0.2) is 28.0 Å². The minimum atomic E-state index is -0.145. The number of amides is 1. The number of nitrogens with zero attached hydrogens (tertiary/aromatic N) is 1. The highest BCUT2D eigenvalue weighted by atomic mass is 16.3. The molecule has 17 heavy (non-hydrogen) atoms. The van der Waals surface area contributed by atoms with Gasteiger partial charge in [-0.25, -0.2) is 0 Å². The number of carbonyl (C=O) groups is 1. The molecule has 4 nitrogen and oxygen atoms in total. The van der Waals surface area contributed by atoms with E-state index in [1.807, 2.05) is 18.7 Å². The monoisotopic (exact) mass is 234 g/mol. The van der Waals surface area contributed by atoms with Crippen LogP contribution in [0, 0.1) is 0 Å². The average molecular weight is 234 g/mol. The number of rotatable bonds is 1. The first-order chi connectivity index (χ1) is 7.93. The lowest BCUT2D eigenvalue weighted by Crippen LogP contribution is -2.42. The number of para-hydroxylation sites is 1. The summed E-state index contributed by atoms with van der Waals surface area (Å²) in [6.07, 6.45) is 1.99. The van der Waals surface area contributed by atoms with E-state index in [2.05, 4.69) is 0 Å². The first kappa shape index (κ1) is 11.8. The van der Waals surface area contributed by atoms with Crippen LogP contribution in [0.5, 0.6) is 5.75 Å². The van der Waals surface area contributed by atoms with Gasteiger partial charge in [0.1, 0.15) is 0 Å². The second kappa shape index (κ2) is 3.95. The highest BCUT2D eigenvalue weighted by Crippen LogP contribution is 2.33. The first-order valence-corrected chi connectivity index (χ1v) is 5.83. The Morgan fingerprint density at radius 1 is 1.47 bits per heavy atom. The fourth-order valence-corrected chi connectivity index (χ4v) is 2.36. The molecule has 2 rings (SSSR count). The molecule has 92 valence electrons. The quantitative estimate of drug-likeness (QED) is 0.577. The second-order valence-electron chi connectivity index (χ2n) is 5.12. The molecule has 0 unspecified atom stereocenters. The Morgan fingerprint density at radius 3 is 2.76 bits per heavy atom. The van der Waals surface area contributed by atoms with Gasteiger partial charge in [0, 0.05) is 12.1 Å². The number of phenols is 1. The van der Waals surface area contributed by atoms with Crippen molar-refractivity contribution in [3.8, 4) is 5.75 Å². The van der Waals surface area contributed by atoms with E-state index < -0.39 is 0 Å². The Kier molecular flexibility index (Phi) is 2.73. The number of aromatic hydroxyl groups is 1. The van der Waals surface area contributed by atoms with Gasteiger partial charge in [-0.3, -0.25) is 4.79 Å². The number of carbonyl (C=O) groups excluding carboxylic acids is 1. The first-order valence-electron chi connectivity index (χ1n) is 5.83. The molecule has 1 aliphatic rings. The van der Waals surface area contributed by atoms with Gasteiger partial charge in [-0.15, -0.1) is 0 Å². The highest BCUT2D eigenvalue weighted by Gasteiger charge is 2.36. The van der Waals surface area contributed by atoms with Crippen molar-refractivity contribution >= 4 is 11.6 Å². The summed E-state index contributed by atoms with van der Waals surface area (Å²) in [5.41, 5.74) is 5.99. The lowest BCUT2D eigenvalue weighted by Gasteiger charge is -2.31. The maximum atomic E-state index is 12.3. The van der Waals surface area contributed by atoms with Gasteiger partial charge in [0.05, 0.1) is 11.3 Å². The third-order valence-corrected chi connectivity index (χ3v) is 3.44. The average Bonchev–Trinajstić information content (AvgIpc) is 2.61. The summed E-state index contributed by atoms with van der Waals surface area (Å²) in [6, 6.07) is 4.88. The minimum absolute atomic E-state index is 0.111. The van der Waals surface area contributed by atoms with E-state index >= 15 is 0 Å².